The number of anilines is 3. The molecule has 11 aromatic rings. The van der Waals surface area contributed by atoms with E-state index in [4.69, 9.17) is 8.83 Å². The van der Waals surface area contributed by atoms with Gasteiger partial charge in [-0.15, -0.1) is 0 Å². The molecular weight excluding hydrogens is 671 g/mol. The average Bonchev–Trinajstić information content (AvgIpc) is 3.83. The molecule has 55 heavy (non-hydrogen) atoms. The van der Waals surface area contributed by atoms with E-state index in [1.54, 1.807) is 0 Å². The van der Waals surface area contributed by atoms with Gasteiger partial charge >= 0.3 is 0 Å². The molecule has 0 N–H and O–H groups in total. The van der Waals surface area contributed by atoms with Gasteiger partial charge in [0, 0.05) is 49.4 Å². The summed E-state index contributed by atoms with van der Waals surface area (Å²) in [5, 5.41) is 6.90. The molecule has 3 heteroatoms. The fourth-order valence-electron chi connectivity index (χ4n) is 8.22. The SMILES string of the molecule is c1ccc(-c2cccc3c2oc2ccc(-c4ccc(N(c5ccc(-c6cccc7c6oc6ccccc67)cc5)c5cccc6ccccc56)cc4)cc23)cc1. The summed E-state index contributed by atoms with van der Waals surface area (Å²) in [6.07, 6.45) is 0. The van der Waals surface area contributed by atoms with Crippen molar-refractivity contribution < 1.29 is 8.83 Å². The molecular formula is C52H33NO2. The number of furan rings is 2. The predicted octanol–water partition coefficient (Wildman–Crippen LogP) is 15.1. The van der Waals surface area contributed by atoms with E-state index in [1.165, 1.54) is 10.8 Å². The molecule has 258 valence electrons. The number of para-hydroxylation sites is 3. The minimum absolute atomic E-state index is 0.890. The second kappa shape index (κ2) is 12.6. The number of hydrogen-bond acceptors (Lipinski definition) is 3. The lowest BCUT2D eigenvalue weighted by molar-refractivity contribution is 0.669. The van der Waals surface area contributed by atoms with Crippen LogP contribution in [0.1, 0.15) is 0 Å². The van der Waals surface area contributed by atoms with Crippen LogP contribution in [-0.4, -0.2) is 0 Å². The van der Waals surface area contributed by atoms with Crippen LogP contribution in [0.2, 0.25) is 0 Å². The summed E-state index contributed by atoms with van der Waals surface area (Å²) in [5.74, 6) is 0. The van der Waals surface area contributed by atoms with Gasteiger partial charge in [-0.2, -0.15) is 0 Å². The largest absolute Gasteiger partial charge is 0.455 e. The highest BCUT2D eigenvalue weighted by Crippen LogP contribution is 2.42. The van der Waals surface area contributed by atoms with E-state index < -0.39 is 0 Å². The van der Waals surface area contributed by atoms with Gasteiger partial charge in [0.2, 0.25) is 0 Å². The van der Waals surface area contributed by atoms with Crippen LogP contribution in [0.3, 0.4) is 0 Å². The first kappa shape index (κ1) is 31.2. The van der Waals surface area contributed by atoms with Crippen molar-refractivity contribution >= 4 is 71.7 Å². The van der Waals surface area contributed by atoms with Gasteiger partial charge in [-0.3, -0.25) is 0 Å². The zero-order valence-corrected chi connectivity index (χ0v) is 29.8. The number of rotatable bonds is 6. The van der Waals surface area contributed by atoms with Crippen molar-refractivity contribution in [2.45, 2.75) is 0 Å². The number of fused-ring (bicyclic) bond motifs is 7. The third kappa shape index (κ3) is 5.20. The maximum Gasteiger partial charge on any atom is 0.143 e. The van der Waals surface area contributed by atoms with Crippen LogP contribution < -0.4 is 4.90 Å². The van der Waals surface area contributed by atoms with E-state index in [1.807, 2.05) is 18.2 Å². The second-order valence-corrected chi connectivity index (χ2v) is 14.1. The number of benzene rings is 9. The Morgan fingerprint density at radius 3 is 1.55 bits per heavy atom. The highest BCUT2D eigenvalue weighted by Gasteiger charge is 2.18. The molecule has 0 aliphatic rings. The Bertz CT molecular complexity index is 3180. The third-order valence-corrected chi connectivity index (χ3v) is 10.9. The van der Waals surface area contributed by atoms with E-state index in [0.29, 0.717) is 0 Å². The highest BCUT2D eigenvalue weighted by molar-refractivity contribution is 6.11. The van der Waals surface area contributed by atoms with Crippen molar-refractivity contribution in [2.24, 2.45) is 0 Å². The number of hydrogen-bond donors (Lipinski definition) is 0. The van der Waals surface area contributed by atoms with Crippen LogP contribution in [0, 0.1) is 0 Å². The van der Waals surface area contributed by atoms with Crippen molar-refractivity contribution in [3.63, 3.8) is 0 Å². The predicted molar refractivity (Wildman–Crippen MR) is 229 cm³/mol. The minimum atomic E-state index is 0.890. The van der Waals surface area contributed by atoms with Crippen LogP contribution in [0.5, 0.6) is 0 Å². The summed E-state index contributed by atoms with van der Waals surface area (Å²) < 4.78 is 12.9. The summed E-state index contributed by atoms with van der Waals surface area (Å²) in [7, 11) is 0. The Kier molecular flexibility index (Phi) is 7.17. The molecule has 2 aromatic heterocycles. The standard InChI is InChI=1S/C52H33NO2/c1-2-11-36(12-3-1)42-17-10-20-46-47-33-38(27-32-50(47)55-52(42)46)34-23-28-39(29-24-34)53(48-21-8-14-35-13-4-5-15-41(35)48)40-30-25-37(26-31-40)43-18-9-19-45-44-16-6-7-22-49(44)54-51(43)45/h1-33H. The zero-order valence-electron chi connectivity index (χ0n) is 29.8. The molecule has 0 atom stereocenters. The van der Waals surface area contributed by atoms with Gasteiger partial charge in [0.05, 0.1) is 5.69 Å². The normalized spacial score (nSPS) is 11.6. The van der Waals surface area contributed by atoms with E-state index in [0.717, 1.165) is 94.3 Å². The van der Waals surface area contributed by atoms with E-state index in [2.05, 4.69) is 187 Å². The molecule has 0 amide bonds. The van der Waals surface area contributed by atoms with Crippen LogP contribution in [-0.2, 0) is 0 Å². The maximum absolute atomic E-state index is 6.47. The summed E-state index contributed by atoms with van der Waals surface area (Å²) in [5.41, 5.74) is 13.6. The van der Waals surface area contributed by atoms with Gasteiger partial charge in [0.15, 0.2) is 0 Å². The molecule has 3 nitrogen and oxygen atoms in total. The Balaban J connectivity index is 0.993. The zero-order chi connectivity index (χ0) is 36.3. The molecule has 0 aliphatic carbocycles. The van der Waals surface area contributed by atoms with Gasteiger partial charge < -0.3 is 13.7 Å². The molecule has 11 rings (SSSR count). The summed E-state index contributed by atoms with van der Waals surface area (Å²) in [6, 6.07) is 70.9. The fraction of sp³-hybridized carbons (Fsp3) is 0. The third-order valence-electron chi connectivity index (χ3n) is 10.9. The second-order valence-electron chi connectivity index (χ2n) is 14.1. The van der Waals surface area contributed by atoms with Gasteiger partial charge in [-0.25, -0.2) is 0 Å². The molecule has 0 fully saturated rings. The molecule has 0 radical (unpaired) electrons. The van der Waals surface area contributed by atoms with Crippen LogP contribution in [0.15, 0.2) is 209 Å². The van der Waals surface area contributed by atoms with E-state index in [9.17, 15) is 0 Å². The van der Waals surface area contributed by atoms with E-state index >= 15 is 0 Å². The Morgan fingerprint density at radius 2 is 0.818 bits per heavy atom. The van der Waals surface area contributed by atoms with Crippen LogP contribution in [0.4, 0.5) is 17.1 Å². The fourth-order valence-corrected chi connectivity index (χ4v) is 8.22. The van der Waals surface area contributed by atoms with Crippen LogP contribution in [0.25, 0.3) is 88.0 Å². The first-order valence-electron chi connectivity index (χ1n) is 18.7. The van der Waals surface area contributed by atoms with E-state index in [-0.39, 0.29) is 0 Å². The molecule has 0 unspecified atom stereocenters. The summed E-state index contributed by atoms with van der Waals surface area (Å²) in [6.45, 7) is 0. The first-order valence-corrected chi connectivity index (χ1v) is 18.7. The molecule has 2 heterocycles. The molecule has 0 spiro atoms. The monoisotopic (exact) mass is 703 g/mol. The Labute approximate surface area is 317 Å². The lowest BCUT2D eigenvalue weighted by Crippen LogP contribution is -2.10. The van der Waals surface area contributed by atoms with Crippen molar-refractivity contribution in [2.75, 3.05) is 4.90 Å². The van der Waals surface area contributed by atoms with Gasteiger partial charge in [-0.1, -0.05) is 152 Å². The van der Waals surface area contributed by atoms with Gasteiger partial charge in [-0.05, 0) is 76.2 Å². The maximum atomic E-state index is 6.47. The van der Waals surface area contributed by atoms with Crippen molar-refractivity contribution in [3.05, 3.63) is 200 Å². The molecule has 9 aromatic carbocycles. The smallest absolute Gasteiger partial charge is 0.143 e. The topological polar surface area (TPSA) is 29.5 Å². The van der Waals surface area contributed by atoms with Crippen molar-refractivity contribution in [1.29, 1.82) is 0 Å². The molecule has 0 saturated carbocycles. The molecule has 0 saturated heterocycles. The van der Waals surface area contributed by atoms with Gasteiger partial charge in [0.25, 0.3) is 0 Å². The number of nitrogens with zero attached hydrogens (tertiary/aromatic N) is 1. The first-order chi connectivity index (χ1) is 27.3. The minimum Gasteiger partial charge on any atom is -0.455 e. The highest BCUT2D eigenvalue weighted by atomic mass is 16.3. The molecule has 0 aliphatic heterocycles. The summed E-state index contributed by atoms with van der Waals surface area (Å²) in [4.78, 5) is 2.36. The quantitative estimate of drug-likeness (QED) is 0.173. The average molecular weight is 704 g/mol. The lowest BCUT2D eigenvalue weighted by atomic mass is 9.99. The van der Waals surface area contributed by atoms with Crippen molar-refractivity contribution in [1.82, 2.24) is 0 Å². The Hall–Kier alpha value is -7.36. The summed E-state index contributed by atoms with van der Waals surface area (Å²) >= 11 is 0. The lowest BCUT2D eigenvalue weighted by Gasteiger charge is -2.27. The Morgan fingerprint density at radius 1 is 0.309 bits per heavy atom. The van der Waals surface area contributed by atoms with Crippen LogP contribution >= 0.6 is 0 Å². The van der Waals surface area contributed by atoms with Gasteiger partial charge in [0.1, 0.15) is 22.3 Å². The van der Waals surface area contributed by atoms with Crippen molar-refractivity contribution in [3.8, 4) is 33.4 Å². The molecule has 0 bridgehead atoms.